The van der Waals surface area contributed by atoms with Gasteiger partial charge in [0.15, 0.2) is 0 Å². The Kier molecular flexibility index (Phi) is 12.7. The van der Waals surface area contributed by atoms with Crippen molar-refractivity contribution in [1.82, 2.24) is 10.2 Å². The van der Waals surface area contributed by atoms with Gasteiger partial charge in [-0.1, -0.05) is 85.1 Å². The molecule has 0 spiro atoms. The summed E-state index contributed by atoms with van der Waals surface area (Å²) in [6.45, 7) is 4.72. The van der Waals surface area contributed by atoms with E-state index < -0.39 is 16.1 Å². The third-order valence-electron chi connectivity index (χ3n) is 6.88. The van der Waals surface area contributed by atoms with E-state index in [4.69, 9.17) is 23.2 Å². The Bertz CT molecular complexity index is 1450. The summed E-state index contributed by atoms with van der Waals surface area (Å²) in [5, 5.41) is 3.75. The summed E-state index contributed by atoms with van der Waals surface area (Å²) in [4.78, 5) is 29.1. The number of nitrogens with one attached hydrogen (secondary N) is 1. The molecule has 0 aliphatic carbocycles. The van der Waals surface area contributed by atoms with Gasteiger partial charge >= 0.3 is 0 Å². The van der Waals surface area contributed by atoms with Crippen LogP contribution < -0.4 is 9.62 Å². The van der Waals surface area contributed by atoms with Crippen LogP contribution in [0.2, 0.25) is 10.0 Å². The van der Waals surface area contributed by atoms with Crippen molar-refractivity contribution in [2.24, 2.45) is 0 Å². The van der Waals surface area contributed by atoms with Gasteiger partial charge in [-0.3, -0.25) is 13.9 Å². The molecule has 0 saturated carbocycles. The summed E-state index contributed by atoms with van der Waals surface area (Å²) in [5.41, 5.74) is 3.13. The predicted molar refractivity (Wildman–Crippen MR) is 171 cm³/mol. The molecule has 3 aromatic carbocycles. The molecule has 0 aliphatic rings. The number of hydrogen-bond acceptors (Lipinski definition) is 4. The maximum atomic E-state index is 13.9. The molecule has 1 atom stereocenters. The summed E-state index contributed by atoms with van der Waals surface area (Å²) in [6, 6.07) is 21.2. The molecule has 0 unspecified atom stereocenters. The number of unbranched alkanes of at least 4 members (excludes halogenated alkanes) is 1. The number of benzene rings is 3. The average Bonchev–Trinajstić information content (AvgIpc) is 2.94. The van der Waals surface area contributed by atoms with Crippen molar-refractivity contribution in [3.8, 4) is 0 Å². The number of aryl methyl sites for hydroxylation is 1. The number of rotatable bonds is 15. The zero-order valence-corrected chi connectivity index (χ0v) is 26.7. The van der Waals surface area contributed by atoms with Gasteiger partial charge in [0.25, 0.3) is 0 Å². The molecule has 42 heavy (non-hydrogen) atoms. The molecular formula is C32H39Cl2N3O4S. The van der Waals surface area contributed by atoms with Gasteiger partial charge in [-0.15, -0.1) is 0 Å². The summed E-state index contributed by atoms with van der Waals surface area (Å²) in [6.07, 6.45) is 3.55. The lowest BCUT2D eigenvalue weighted by molar-refractivity contribution is -0.141. The van der Waals surface area contributed by atoms with Crippen LogP contribution in [0.15, 0.2) is 72.8 Å². The molecule has 10 heteroatoms. The Morgan fingerprint density at radius 1 is 0.905 bits per heavy atom. The minimum absolute atomic E-state index is 0.0483. The Morgan fingerprint density at radius 3 is 2.29 bits per heavy atom. The summed E-state index contributed by atoms with van der Waals surface area (Å²) in [7, 11) is -3.58. The van der Waals surface area contributed by atoms with Gasteiger partial charge in [0.1, 0.15) is 6.04 Å². The zero-order chi connectivity index (χ0) is 30.7. The van der Waals surface area contributed by atoms with Crippen molar-refractivity contribution in [1.29, 1.82) is 0 Å². The van der Waals surface area contributed by atoms with Crippen LogP contribution in [0.25, 0.3) is 0 Å². The molecule has 1 N–H and O–H groups in total. The second-order valence-electron chi connectivity index (χ2n) is 10.4. The molecule has 0 saturated heterocycles. The number of carbonyl (C=O) groups is 2. The summed E-state index contributed by atoms with van der Waals surface area (Å²) < 4.78 is 26.6. The lowest BCUT2D eigenvalue weighted by atomic mass is 10.0. The van der Waals surface area contributed by atoms with Crippen LogP contribution in [-0.2, 0) is 32.6 Å². The van der Waals surface area contributed by atoms with Gasteiger partial charge in [-0.25, -0.2) is 8.42 Å². The molecule has 3 aromatic rings. The van der Waals surface area contributed by atoms with Crippen molar-refractivity contribution < 1.29 is 18.0 Å². The zero-order valence-electron chi connectivity index (χ0n) is 24.4. The highest BCUT2D eigenvalue weighted by molar-refractivity contribution is 7.92. The van der Waals surface area contributed by atoms with Gasteiger partial charge in [0.05, 0.1) is 22.0 Å². The number of anilines is 1. The molecular weight excluding hydrogens is 593 g/mol. The van der Waals surface area contributed by atoms with Crippen LogP contribution in [0.4, 0.5) is 5.69 Å². The van der Waals surface area contributed by atoms with E-state index in [1.54, 1.807) is 41.3 Å². The number of nitrogens with zero attached hydrogens (tertiary/aromatic N) is 2. The monoisotopic (exact) mass is 631 g/mol. The van der Waals surface area contributed by atoms with Gasteiger partial charge in [0.2, 0.25) is 21.8 Å². The van der Waals surface area contributed by atoms with E-state index in [2.05, 4.69) is 5.32 Å². The number of halogens is 2. The second kappa shape index (κ2) is 16.0. The fraction of sp³-hybridized carbons (Fsp3) is 0.375. The van der Waals surface area contributed by atoms with Crippen LogP contribution >= 0.6 is 23.2 Å². The highest BCUT2D eigenvalue weighted by Crippen LogP contribution is 2.25. The second-order valence-corrected chi connectivity index (χ2v) is 13.1. The molecule has 0 aliphatic heterocycles. The fourth-order valence-electron chi connectivity index (χ4n) is 4.68. The van der Waals surface area contributed by atoms with Crippen LogP contribution in [0.5, 0.6) is 0 Å². The Morgan fingerprint density at radius 2 is 1.64 bits per heavy atom. The predicted octanol–water partition coefficient (Wildman–Crippen LogP) is 6.40. The maximum Gasteiger partial charge on any atom is 0.243 e. The van der Waals surface area contributed by atoms with E-state index >= 15 is 0 Å². The van der Waals surface area contributed by atoms with E-state index in [0.29, 0.717) is 28.7 Å². The van der Waals surface area contributed by atoms with Crippen LogP contribution in [0.3, 0.4) is 0 Å². The first kappa shape index (κ1) is 33.4. The highest BCUT2D eigenvalue weighted by Gasteiger charge is 2.30. The van der Waals surface area contributed by atoms with E-state index in [9.17, 15) is 18.0 Å². The van der Waals surface area contributed by atoms with Crippen LogP contribution in [-0.4, -0.2) is 50.5 Å². The fourth-order valence-corrected chi connectivity index (χ4v) is 5.96. The highest BCUT2D eigenvalue weighted by atomic mass is 35.5. The third-order valence-corrected chi connectivity index (χ3v) is 8.81. The van der Waals surface area contributed by atoms with E-state index in [0.717, 1.165) is 35.8 Å². The minimum atomic E-state index is -3.58. The van der Waals surface area contributed by atoms with E-state index in [1.165, 1.54) is 4.31 Å². The Balaban J connectivity index is 1.89. The number of amides is 2. The molecule has 0 bridgehead atoms. The quantitative estimate of drug-likeness (QED) is 0.197. The minimum Gasteiger partial charge on any atom is -0.354 e. The topological polar surface area (TPSA) is 86.8 Å². The van der Waals surface area contributed by atoms with E-state index in [1.807, 2.05) is 50.2 Å². The SMILES string of the molecule is CCCCNC(=O)[C@@H](Cc1ccccc1)N(Cc1ccc(Cl)c(Cl)c1)C(=O)CCCN(c1cccc(C)c1)S(C)(=O)=O. The molecule has 0 fully saturated rings. The Hall–Kier alpha value is -3.07. The van der Waals surface area contributed by atoms with Gasteiger partial charge in [0, 0.05) is 32.5 Å². The summed E-state index contributed by atoms with van der Waals surface area (Å²) in [5.74, 6) is -0.497. The number of carbonyl (C=O) groups excluding carboxylic acids is 2. The van der Waals surface area contributed by atoms with Crippen molar-refractivity contribution in [3.63, 3.8) is 0 Å². The smallest absolute Gasteiger partial charge is 0.243 e. The number of hydrogen-bond donors (Lipinski definition) is 1. The molecule has 7 nitrogen and oxygen atoms in total. The van der Waals surface area contributed by atoms with Crippen LogP contribution in [0, 0.1) is 6.92 Å². The first-order valence-corrected chi connectivity index (χ1v) is 16.7. The molecule has 0 radical (unpaired) electrons. The van der Waals surface area contributed by atoms with Crippen molar-refractivity contribution >= 4 is 50.7 Å². The average molecular weight is 633 g/mol. The Labute approximate surface area is 259 Å². The molecule has 0 heterocycles. The lowest BCUT2D eigenvalue weighted by Crippen LogP contribution is -2.50. The van der Waals surface area contributed by atoms with Gasteiger partial charge in [-0.05, 0) is 60.7 Å². The molecule has 226 valence electrons. The normalized spacial score (nSPS) is 12.0. The summed E-state index contributed by atoms with van der Waals surface area (Å²) >= 11 is 12.4. The van der Waals surface area contributed by atoms with Crippen molar-refractivity contribution in [3.05, 3.63) is 99.5 Å². The van der Waals surface area contributed by atoms with Gasteiger partial charge in [-0.2, -0.15) is 0 Å². The van der Waals surface area contributed by atoms with Crippen molar-refractivity contribution in [2.75, 3.05) is 23.7 Å². The molecule has 2 amide bonds. The largest absolute Gasteiger partial charge is 0.354 e. The molecule has 3 rings (SSSR count). The van der Waals surface area contributed by atoms with Crippen LogP contribution in [0.1, 0.15) is 49.3 Å². The van der Waals surface area contributed by atoms with Gasteiger partial charge < -0.3 is 10.2 Å². The standard InChI is InChI=1S/C32H39Cl2N3O4S/c1-4-5-18-35-32(39)30(22-25-12-7-6-8-13-25)36(23-26-16-17-28(33)29(34)21-26)31(38)15-10-19-37(42(3,40)41)27-14-9-11-24(2)20-27/h6-9,11-14,16-17,20-21,30H,4-5,10,15,18-19,22-23H2,1-3H3,(H,35,39)/t30-/m1/s1. The third kappa shape index (κ3) is 10.0. The first-order valence-electron chi connectivity index (χ1n) is 14.1. The lowest BCUT2D eigenvalue weighted by Gasteiger charge is -2.32. The van der Waals surface area contributed by atoms with E-state index in [-0.39, 0.29) is 37.7 Å². The number of sulfonamides is 1. The first-order chi connectivity index (χ1) is 20.0. The molecule has 0 aromatic heterocycles. The van der Waals surface area contributed by atoms with Crippen molar-refractivity contribution in [2.45, 2.75) is 58.5 Å². The maximum absolute atomic E-state index is 13.9.